The van der Waals surface area contributed by atoms with Gasteiger partial charge in [-0.3, -0.25) is 0 Å². The van der Waals surface area contributed by atoms with Crippen molar-refractivity contribution >= 4 is 0 Å². The lowest BCUT2D eigenvalue weighted by atomic mass is 9.75. The van der Waals surface area contributed by atoms with Gasteiger partial charge in [0.05, 0.1) is 6.42 Å². The summed E-state index contributed by atoms with van der Waals surface area (Å²) in [7, 11) is 0. The largest absolute Gasteiger partial charge is 0.431 e. The predicted octanol–water partition coefficient (Wildman–Crippen LogP) is 2.63. The molecule has 0 saturated heterocycles. The molecule has 1 rings (SSSR count). The van der Waals surface area contributed by atoms with E-state index < -0.39 is 30.4 Å². The van der Waals surface area contributed by atoms with Crippen LogP contribution in [0.15, 0.2) is 0 Å². The summed E-state index contributed by atoms with van der Waals surface area (Å²) >= 11 is 0. The number of hydrogen-bond donors (Lipinski definition) is 0. The number of halogens is 7. The second-order valence-electron chi connectivity index (χ2n) is 2.59. The van der Waals surface area contributed by atoms with Gasteiger partial charge in [-0.2, -0.15) is 13.2 Å². The van der Waals surface area contributed by atoms with Crippen LogP contribution in [0.4, 0.5) is 30.7 Å². The average molecular weight is 196 g/mol. The van der Waals surface area contributed by atoms with Gasteiger partial charge in [-0.1, -0.05) is 0 Å². The summed E-state index contributed by atoms with van der Waals surface area (Å²) in [6, 6.07) is 0. The lowest BCUT2D eigenvalue weighted by molar-refractivity contribution is -0.369. The Bertz CT molecular complexity index is 182. The van der Waals surface area contributed by atoms with E-state index in [2.05, 4.69) is 0 Å². The second-order valence-corrected chi connectivity index (χ2v) is 2.59. The molecule has 0 nitrogen and oxygen atoms in total. The first kappa shape index (κ1) is 9.60. The molecule has 72 valence electrons. The summed E-state index contributed by atoms with van der Waals surface area (Å²) in [6.45, 7) is 0. The van der Waals surface area contributed by atoms with Crippen molar-refractivity contribution in [2.45, 2.75) is 30.4 Å². The zero-order valence-corrected chi connectivity index (χ0v) is 5.43. The first-order valence-electron chi connectivity index (χ1n) is 2.90. The molecule has 0 N–H and O–H groups in total. The van der Waals surface area contributed by atoms with E-state index in [0.717, 1.165) is 0 Å². The highest BCUT2D eigenvalue weighted by Crippen LogP contribution is 2.59. The van der Waals surface area contributed by atoms with Gasteiger partial charge in [-0.05, 0) is 0 Å². The van der Waals surface area contributed by atoms with Gasteiger partial charge in [0.25, 0.3) is 11.6 Å². The molecule has 0 bridgehead atoms. The van der Waals surface area contributed by atoms with Crippen molar-refractivity contribution in [3.63, 3.8) is 0 Å². The fourth-order valence-corrected chi connectivity index (χ4v) is 0.997. The van der Waals surface area contributed by atoms with Gasteiger partial charge in [0.1, 0.15) is 0 Å². The van der Waals surface area contributed by atoms with Crippen LogP contribution in [0.5, 0.6) is 0 Å². The van der Waals surface area contributed by atoms with Crippen LogP contribution in [0.3, 0.4) is 0 Å². The predicted molar refractivity (Wildman–Crippen MR) is 24.4 cm³/mol. The molecule has 0 heterocycles. The molecule has 1 aliphatic rings. The van der Waals surface area contributed by atoms with E-state index in [1.165, 1.54) is 0 Å². The van der Waals surface area contributed by atoms with Crippen LogP contribution in [0.2, 0.25) is 0 Å². The Balaban J connectivity index is 2.97. The molecule has 0 aromatic carbocycles. The minimum Gasteiger partial charge on any atom is -0.243 e. The van der Waals surface area contributed by atoms with Crippen molar-refractivity contribution in [2.75, 3.05) is 0 Å². The first-order chi connectivity index (χ1) is 5.13. The van der Waals surface area contributed by atoms with E-state index in [9.17, 15) is 30.7 Å². The Morgan fingerprint density at radius 2 is 1.50 bits per heavy atom. The van der Waals surface area contributed by atoms with Gasteiger partial charge >= 0.3 is 6.18 Å². The molecule has 0 radical (unpaired) electrons. The van der Waals surface area contributed by atoms with Crippen molar-refractivity contribution in [3.8, 4) is 0 Å². The zero-order chi connectivity index (χ0) is 9.78. The highest BCUT2D eigenvalue weighted by atomic mass is 19.4. The van der Waals surface area contributed by atoms with Crippen molar-refractivity contribution in [3.05, 3.63) is 0 Å². The normalized spacial score (nSPS) is 40.8. The Kier molecular flexibility index (Phi) is 1.64. The molecule has 2 atom stereocenters. The van der Waals surface area contributed by atoms with Gasteiger partial charge in [-0.15, -0.1) is 0 Å². The van der Waals surface area contributed by atoms with E-state index in [1.54, 1.807) is 0 Å². The molecule has 0 aromatic rings. The molecule has 1 fully saturated rings. The van der Waals surface area contributed by atoms with Crippen LogP contribution in [-0.4, -0.2) is 23.9 Å². The monoisotopic (exact) mass is 196 g/mol. The third-order valence-electron chi connectivity index (χ3n) is 1.81. The minimum absolute atomic E-state index is 1.71. The molecule has 0 spiro atoms. The zero-order valence-electron chi connectivity index (χ0n) is 5.43. The molecule has 0 amide bonds. The van der Waals surface area contributed by atoms with Crippen LogP contribution in [-0.2, 0) is 0 Å². The van der Waals surface area contributed by atoms with Gasteiger partial charge < -0.3 is 0 Å². The summed E-state index contributed by atoms with van der Waals surface area (Å²) in [5.41, 5.74) is -4.99. The summed E-state index contributed by atoms with van der Waals surface area (Å²) in [6.07, 6.45) is -10.7. The molecule has 1 aliphatic carbocycles. The van der Waals surface area contributed by atoms with E-state index in [-0.39, 0.29) is 0 Å². The van der Waals surface area contributed by atoms with Crippen molar-refractivity contribution in [1.82, 2.24) is 0 Å². The number of hydrogen-bond acceptors (Lipinski definition) is 0. The fourth-order valence-electron chi connectivity index (χ4n) is 0.997. The summed E-state index contributed by atoms with van der Waals surface area (Å²) in [4.78, 5) is 0. The molecule has 0 aromatic heterocycles. The van der Waals surface area contributed by atoms with E-state index >= 15 is 0 Å². The summed E-state index contributed by atoms with van der Waals surface area (Å²) in [5.74, 6) is -4.63. The van der Waals surface area contributed by atoms with Crippen LogP contribution in [0, 0.1) is 0 Å². The lowest BCUT2D eigenvalue weighted by Gasteiger charge is -2.45. The Morgan fingerprint density at radius 3 is 1.58 bits per heavy atom. The standard InChI is InChI=1S/C5H3F7/c6-2-1-3(7,8)4(2,9)5(10,11)12/h2H,1H2. The van der Waals surface area contributed by atoms with Crippen molar-refractivity contribution in [1.29, 1.82) is 0 Å². The third-order valence-corrected chi connectivity index (χ3v) is 1.81. The van der Waals surface area contributed by atoms with Gasteiger partial charge in [0.15, 0.2) is 6.17 Å². The quantitative estimate of drug-likeness (QED) is 0.522. The molecule has 1 saturated carbocycles. The van der Waals surface area contributed by atoms with E-state index in [0.29, 0.717) is 0 Å². The van der Waals surface area contributed by atoms with Crippen molar-refractivity contribution in [2.24, 2.45) is 0 Å². The SMILES string of the molecule is FC1CC(F)(F)C1(F)C(F)(F)F. The van der Waals surface area contributed by atoms with Gasteiger partial charge in [0.2, 0.25) is 0 Å². The second kappa shape index (κ2) is 2.05. The van der Waals surface area contributed by atoms with E-state index in [4.69, 9.17) is 0 Å². The van der Waals surface area contributed by atoms with Gasteiger partial charge in [-0.25, -0.2) is 17.6 Å². The Hall–Kier alpha value is -0.490. The maximum Gasteiger partial charge on any atom is 0.431 e. The Morgan fingerprint density at radius 1 is 1.08 bits per heavy atom. The fraction of sp³-hybridized carbons (Fsp3) is 1.00. The molecule has 7 heteroatoms. The maximum absolute atomic E-state index is 12.3. The number of rotatable bonds is 0. The van der Waals surface area contributed by atoms with E-state index in [1.807, 2.05) is 0 Å². The molecule has 0 aliphatic heterocycles. The summed E-state index contributed by atoms with van der Waals surface area (Å²) in [5, 5.41) is 0. The molecular weight excluding hydrogens is 193 g/mol. The van der Waals surface area contributed by atoms with Crippen molar-refractivity contribution < 1.29 is 30.7 Å². The summed E-state index contributed by atoms with van der Waals surface area (Å²) < 4.78 is 82.9. The highest BCUT2D eigenvalue weighted by molar-refractivity contribution is 5.15. The topological polar surface area (TPSA) is 0 Å². The lowest BCUT2D eigenvalue weighted by Crippen LogP contribution is -2.70. The van der Waals surface area contributed by atoms with Crippen LogP contribution >= 0.6 is 0 Å². The average Bonchev–Trinajstić information content (AvgIpc) is 1.83. The van der Waals surface area contributed by atoms with Crippen LogP contribution in [0.1, 0.15) is 6.42 Å². The van der Waals surface area contributed by atoms with Crippen LogP contribution in [0.25, 0.3) is 0 Å². The molecule has 12 heavy (non-hydrogen) atoms. The molecule has 2 unspecified atom stereocenters. The minimum atomic E-state index is -5.85. The smallest absolute Gasteiger partial charge is 0.243 e. The van der Waals surface area contributed by atoms with Crippen LogP contribution < -0.4 is 0 Å². The Labute approximate surface area is 62.4 Å². The highest BCUT2D eigenvalue weighted by Gasteiger charge is 2.83. The third kappa shape index (κ3) is 0.847. The van der Waals surface area contributed by atoms with Gasteiger partial charge in [0, 0.05) is 0 Å². The number of alkyl halides is 7. The first-order valence-corrected chi connectivity index (χ1v) is 2.90. The maximum atomic E-state index is 12.3. The molecular formula is C5H3F7.